The van der Waals surface area contributed by atoms with E-state index < -0.39 is 0 Å². The van der Waals surface area contributed by atoms with E-state index in [0.717, 1.165) is 29.8 Å². The van der Waals surface area contributed by atoms with E-state index in [4.69, 9.17) is 25.8 Å². The van der Waals surface area contributed by atoms with E-state index >= 15 is 0 Å². The van der Waals surface area contributed by atoms with Gasteiger partial charge in [-0.1, -0.05) is 17.7 Å². The van der Waals surface area contributed by atoms with Crippen molar-refractivity contribution in [1.82, 2.24) is 25.6 Å². The molecule has 9 nitrogen and oxygen atoms in total. The van der Waals surface area contributed by atoms with Crippen LogP contribution in [-0.2, 0) is 11.3 Å². The predicted molar refractivity (Wildman–Crippen MR) is 127 cm³/mol. The second-order valence-corrected chi connectivity index (χ2v) is 8.15. The summed E-state index contributed by atoms with van der Waals surface area (Å²) in [6.45, 7) is 1.27. The van der Waals surface area contributed by atoms with Crippen molar-refractivity contribution in [1.29, 1.82) is 0 Å². The van der Waals surface area contributed by atoms with Crippen LogP contribution in [0.2, 0.25) is 5.02 Å². The third-order valence-electron chi connectivity index (χ3n) is 5.52. The van der Waals surface area contributed by atoms with Gasteiger partial charge in [-0.05, 0) is 53.6 Å². The molecular formula is C24H23ClN6O3. The van der Waals surface area contributed by atoms with Gasteiger partial charge in [-0.15, -0.1) is 10.2 Å². The maximum Gasteiger partial charge on any atom is 0.206 e. The summed E-state index contributed by atoms with van der Waals surface area (Å²) in [4.78, 5) is 6.39. The van der Waals surface area contributed by atoms with Crippen LogP contribution in [-0.4, -0.2) is 45.6 Å². The molecule has 1 saturated heterocycles. The molecule has 10 heteroatoms. The predicted octanol–water partition coefficient (Wildman–Crippen LogP) is 4.78. The van der Waals surface area contributed by atoms with Crippen molar-refractivity contribution in [2.24, 2.45) is 0 Å². The quantitative estimate of drug-likeness (QED) is 0.386. The first-order valence-corrected chi connectivity index (χ1v) is 11.2. The van der Waals surface area contributed by atoms with Gasteiger partial charge >= 0.3 is 0 Å². The highest BCUT2D eigenvalue weighted by Gasteiger charge is 2.21. The van der Waals surface area contributed by atoms with Crippen LogP contribution in [0.3, 0.4) is 0 Å². The Hall–Kier alpha value is -3.69. The number of nitrogens with zero attached hydrogens (tertiary/aromatic N) is 5. The Morgan fingerprint density at radius 3 is 2.74 bits per heavy atom. The third-order valence-corrected chi connectivity index (χ3v) is 5.83. The van der Waals surface area contributed by atoms with Crippen LogP contribution >= 0.6 is 11.6 Å². The molecule has 34 heavy (non-hydrogen) atoms. The number of halogens is 1. The summed E-state index contributed by atoms with van der Waals surface area (Å²) < 4.78 is 17.3. The molecule has 3 heterocycles. The minimum absolute atomic E-state index is 0.278. The van der Waals surface area contributed by atoms with E-state index in [2.05, 4.69) is 30.5 Å². The fourth-order valence-corrected chi connectivity index (χ4v) is 4.10. The Bertz CT molecular complexity index is 1230. The van der Waals surface area contributed by atoms with Gasteiger partial charge in [0.05, 0.1) is 18.7 Å². The average Bonchev–Trinajstić information content (AvgIpc) is 3.58. The van der Waals surface area contributed by atoms with Crippen LogP contribution < -0.4 is 14.4 Å². The fourth-order valence-electron chi connectivity index (χ4n) is 3.84. The van der Waals surface area contributed by atoms with Gasteiger partial charge in [0.15, 0.2) is 17.8 Å². The standard InChI is InChI=1S/C24H23ClN6O3/c1-32-21-9-7-18(13-22(21)34-23-5-3-11-33-23)31(15-16-4-2-10-26-14-16)17-6-8-19(20(25)12-17)24-27-29-30-28-24/h2,4,6-10,12-14,23H,3,5,11,15H2,1H3,(H,27,28,29,30). The summed E-state index contributed by atoms with van der Waals surface area (Å²) in [7, 11) is 1.63. The summed E-state index contributed by atoms with van der Waals surface area (Å²) in [5, 5.41) is 14.7. The minimum Gasteiger partial charge on any atom is -0.493 e. The second-order valence-electron chi connectivity index (χ2n) is 7.74. The number of methoxy groups -OCH3 is 1. The van der Waals surface area contributed by atoms with Gasteiger partial charge in [0.2, 0.25) is 5.82 Å². The number of hydrogen-bond donors (Lipinski definition) is 1. The van der Waals surface area contributed by atoms with E-state index in [9.17, 15) is 0 Å². The Morgan fingerprint density at radius 1 is 1.15 bits per heavy atom. The molecule has 174 valence electrons. The molecule has 1 aliphatic rings. The Morgan fingerprint density at radius 2 is 2.03 bits per heavy atom. The number of aromatic amines is 1. The van der Waals surface area contributed by atoms with E-state index in [0.29, 0.717) is 41.1 Å². The molecule has 0 saturated carbocycles. The number of nitrogens with one attached hydrogen (secondary N) is 1. The topological polar surface area (TPSA) is 98.3 Å². The highest BCUT2D eigenvalue weighted by Crippen LogP contribution is 2.38. The van der Waals surface area contributed by atoms with Crippen LogP contribution in [0.4, 0.5) is 11.4 Å². The average molecular weight is 479 g/mol. The number of benzene rings is 2. The van der Waals surface area contributed by atoms with Gasteiger partial charge in [-0.3, -0.25) is 4.98 Å². The van der Waals surface area contributed by atoms with Crippen molar-refractivity contribution in [3.8, 4) is 22.9 Å². The number of pyridine rings is 1. The molecule has 2 aromatic heterocycles. The first kappa shape index (κ1) is 22.1. The summed E-state index contributed by atoms with van der Waals surface area (Å²) in [5.74, 6) is 1.70. The number of anilines is 2. The van der Waals surface area contributed by atoms with Gasteiger partial charge in [0.25, 0.3) is 0 Å². The molecule has 1 fully saturated rings. The van der Waals surface area contributed by atoms with Gasteiger partial charge in [0.1, 0.15) is 0 Å². The SMILES string of the molecule is COc1ccc(N(Cc2cccnc2)c2ccc(-c3nn[nH]n3)c(Cl)c2)cc1OC1CCCO1. The fraction of sp³-hybridized carbons (Fsp3) is 0.250. The Balaban J connectivity index is 1.53. The molecule has 1 aliphatic heterocycles. The van der Waals surface area contributed by atoms with Crippen molar-refractivity contribution < 1.29 is 14.2 Å². The summed E-state index contributed by atoms with van der Waals surface area (Å²) in [6, 6.07) is 15.5. The molecule has 5 rings (SSSR count). The molecule has 0 spiro atoms. The molecule has 1 N–H and O–H groups in total. The van der Waals surface area contributed by atoms with Crippen LogP contribution in [0.15, 0.2) is 60.9 Å². The van der Waals surface area contributed by atoms with Crippen LogP contribution in [0, 0.1) is 0 Å². The van der Waals surface area contributed by atoms with E-state index in [1.165, 1.54) is 0 Å². The van der Waals surface area contributed by atoms with E-state index in [-0.39, 0.29) is 6.29 Å². The Kier molecular flexibility index (Phi) is 6.55. The molecule has 0 radical (unpaired) electrons. The molecule has 0 bridgehead atoms. The van der Waals surface area contributed by atoms with Crippen molar-refractivity contribution in [3.05, 3.63) is 71.5 Å². The smallest absolute Gasteiger partial charge is 0.206 e. The Labute approximate surface area is 201 Å². The van der Waals surface area contributed by atoms with Gasteiger partial charge < -0.3 is 19.1 Å². The maximum atomic E-state index is 6.63. The summed E-state index contributed by atoms with van der Waals surface area (Å²) in [5.41, 5.74) is 3.52. The normalized spacial score (nSPS) is 15.3. The monoisotopic (exact) mass is 478 g/mol. The molecule has 0 amide bonds. The lowest BCUT2D eigenvalue weighted by molar-refractivity contribution is -0.0402. The van der Waals surface area contributed by atoms with Gasteiger partial charge in [0, 0.05) is 48.4 Å². The van der Waals surface area contributed by atoms with E-state index in [1.807, 2.05) is 54.7 Å². The lowest BCUT2D eigenvalue weighted by Gasteiger charge is -2.27. The molecule has 4 aromatic rings. The first-order valence-electron chi connectivity index (χ1n) is 10.9. The van der Waals surface area contributed by atoms with Crippen molar-refractivity contribution in [2.75, 3.05) is 18.6 Å². The number of tetrazole rings is 1. The van der Waals surface area contributed by atoms with Crippen molar-refractivity contribution in [3.63, 3.8) is 0 Å². The van der Waals surface area contributed by atoms with Crippen LogP contribution in [0.25, 0.3) is 11.4 Å². The maximum absolute atomic E-state index is 6.63. The number of ether oxygens (including phenoxy) is 3. The number of H-pyrrole nitrogens is 1. The molecule has 0 aliphatic carbocycles. The van der Waals surface area contributed by atoms with Gasteiger partial charge in [-0.2, -0.15) is 5.21 Å². The van der Waals surface area contributed by atoms with Crippen molar-refractivity contribution >= 4 is 23.0 Å². The highest BCUT2D eigenvalue weighted by atomic mass is 35.5. The van der Waals surface area contributed by atoms with E-state index in [1.54, 1.807) is 13.3 Å². The largest absolute Gasteiger partial charge is 0.493 e. The molecule has 1 unspecified atom stereocenters. The molecule has 2 aromatic carbocycles. The zero-order chi connectivity index (χ0) is 23.3. The lowest BCUT2D eigenvalue weighted by atomic mass is 10.1. The number of rotatable bonds is 8. The summed E-state index contributed by atoms with van der Waals surface area (Å²) >= 11 is 6.63. The van der Waals surface area contributed by atoms with Crippen LogP contribution in [0.1, 0.15) is 18.4 Å². The minimum atomic E-state index is -0.278. The summed E-state index contributed by atoms with van der Waals surface area (Å²) in [6.07, 6.45) is 5.14. The zero-order valence-electron chi connectivity index (χ0n) is 18.5. The van der Waals surface area contributed by atoms with Crippen molar-refractivity contribution in [2.45, 2.75) is 25.7 Å². The third kappa shape index (κ3) is 4.80. The van der Waals surface area contributed by atoms with Crippen LogP contribution in [0.5, 0.6) is 11.5 Å². The molecule has 1 atom stereocenters. The van der Waals surface area contributed by atoms with Gasteiger partial charge in [-0.25, -0.2) is 0 Å². The second kappa shape index (κ2) is 10.1. The number of aromatic nitrogens is 5. The zero-order valence-corrected chi connectivity index (χ0v) is 19.3. The highest BCUT2D eigenvalue weighted by molar-refractivity contribution is 6.33. The number of hydrogen-bond acceptors (Lipinski definition) is 8. The lowest BCUT2D eigenvalue weighted by Crippen LogP contribution is -2.18. The first-order chi connectivity index (χ1) is 16.7. The molecular weight excluding hydrogens is 456 g/mol.